The second kappa shape index (κ2) is 7.35. The lowest BCUT2D eigenvalue weighted by atomic mass is 9.95. The van der Waals surface area contributed by atoms with E-state index < -0.39 is 23.6 Å². The Morgan fingerprint density at radius 3 is 2.35 bits per heavy atom. The zero-order chi connectivity index (χ0) is 18.6. The largest absolute Gasteiger partial charge is 0.455 e. The van der Waals surface area contributed by atoms with E-state index in [1.54, 1.807) is 31.2 Å². The lowest BCUT2D eigenvalue weighted by Crippen LogP contribution is -2.44. The van der Waals surface area contributed by atoms with E-state index in [-0.39, 0.29) is 5.90 Å². The molecule has 5 nitrogen and oxygen atoms in total. The molecule has 0 bridgehead atoms. The Morgan fingerprint density at radius 1 is 1.12 bits per heavy atom. The van der Waals surface area contributed by atoms with Crippen LogP contribution in [0.1, 0.15) is 25.0 Å². The summed E-state index contributed by atoms with van der Waals surface area (Å²) in [6.07, 6.45) is 2.58. The summed E-state index contributed by atoms with van der Waals surface area (Å²) in [5.74, 6) is -0.825. The molecule has 0 saturated carbocycles. The van der Waals surface area contributed by atoms with E-state index in [1.807, 2.05) is 48.5 Å². The minimum Gasteiger partial charge on any atom is -0.455 e. The van der Waals surface area contributed by atoms with Gasteiger partial charge < -0.3 is 9.47 Å². The fourth-order valence-corrected chi connectivity index (χ4v) is 2.64. The smallest absolute Gasteiger partial charge is 0.344 e. The summed E-state index contributed by atoms with van der Waals surface area (Å²) in [6.45, 7) is 2.91. The third kappa shape index (κ3) is 3.72. The van der Waals surface area contributed by atoms with Crippen molar-refractivity contribution < 1.29 is 19.1 Å². The van der Waals surface area contributed by atoms with Crippen LogP contribution in [0.5, 0.6) is 0 Å². The molecule has 2 aromatic carbocycles. The SMILES string of the molecule is CC(=O)O[C@H](C=Cc1ccccc1)[C@@]1(C)N=C(c2ccccc2)OC1=O. The second-order valence-electron chi connectivity index (χ2n) is 6.12. The maximum Gasteiger partial charge on any atom is 0.344 e. The fraction of sp³-hybridized carbons (Fsp3) is 0.190. The number of rotatable bonds is 5. The van der Waals surface area contributed by atoms with E-state index in [0.29, 0.717) is 5.56 Å². The Kier molecular flexibility index (Phi) is 4.98. The summed E-state index contributed by atoms with van der Waals surface area (Å²) < 4.78 is 10.7. The lowest BCUT2D eigenvalue weighted by molar-refractivity contribution is -0.152. The first kappa shape index (κ1) is 17.6. The number of cyclic esters (lactones) is 1. The molecule has 0 aromatic heterocycles. The molecule has 0 unspecified atom stereocenters. The Morgan fingerprint density at radius 2 is 1.73 bits per heavy atom. The van der Waals surface area contributed by atoms with Gasteiger partial charge in [0.05, 0.1) is 0 Å². The Balaban J connectivity index is 1.94. The molecule has 1 aliphatic heterocycles. The molecule has 0 amide bonds. The number of carbonyl (C=O) groups excluding carboxylic acids is 2. The molecule has 0 saturated heterocycles. The maximum absolute atomic E-state index is 12.6. The van der Waals surface area contributed by atoms with Gasteiger partial charge >= 0.3 is 11.9 Å². The average Bonchev–Trinajstić information content (AvgIpc) is 2.96. The van der Waals surface area contributed by atoms with Gasteiger partial charge in [0.25, 0.3) is 0 Å². The standard InChI is InChI=1S/C21H19NO4/c1-15(23)25-18(14-13-16-9-5-3-6-10-16)21(2)20(24)26-19(22-21)17-11-7-4-8-12-17/h3-14,18H,1-2H3/t18-,21-/m1/s1. The summed E-state index contributed by atoms with van der Waals surface area (Å²) >= 11 is 0. The van der Waals surface area contributed by atoms with Gasteiger partial charge in [-0.05, 0) is 30.7 Å². The first-order valence-corrected chi connectivity index (χ1v) is 8.27. The summed E-state index contributed by atoms with van der Waals surface area (Å²) in [4.78, 5) is 28.6. The lowest BCUT2D eigenvalue weighted by Gasteiger charge is -2.24. The highest BCUT2D eigenvalue weighted by molar-refractivity contribution is 6.08. The monoisotopic (exact) mass is 349 g/mol. The number of aliphatic imine (C=N–C) groups is 1. The van der Waals surface area contributed by atoms with Crippen LogP contribution in [0.25, 0.3) is 6.08 Å². The highest BCUT2D eigenvalue weighted by atomic mass is 16.6. The molecule has 0 spiro atoms. The molecule has 2 atom stereocenters. The average molecular weight is 349 g/mol. The van der Waals surface area contributed by atoms with Crippen LogP contribution in [-0.2, 0) is 19.1 Å². The first-order chi connectivity index (χ1) is 12.5. The summed E-state index contributed by atoms with van der Waals surface area (Å²) in [5, 5.41) is 0. The van der Waals surface area contributed by atoms with Crippen molar-refractivity contribution in [3.8, 4) is 0 Å². The number of hydrogen-bond acceptors (Lipinski definition) is 5. The summed E-state index contributed by atoms with van der Waals surface area (Å²) in [7, 11) is 0. The van der Waals surface area contributed by atoms with Gasteiger partial charge in [0, 0.05) is 12.5 Å². The van der Waals surface area contributed by atoms with Crippen LogP contribution in [0.2, 0.25) is 0 Å². The maximum atomic E-state index is 12.6. The van der Waals surface area contributed by atoms with Crippen LogP contribution in [0.3, 0.4) is 0 Å². The molecular weight excluding hydrogens is 330 g/mol. The van der Waals surface area contributed by atoms with Crippen LogP contribution in [0.15, 0.2) is 71.7 Å². The van der Waals surface area contributed by atoms with E-state index in [0.717, 1.165) is 5.56 Å². The van der Waals surface area contributed by atoms with Gasteiger partial charge in [0.1, 0.15) is 0 Å². The molecule has 3 rings (SSSR count). The number of nitrogens with zero attached hydrogens (tertiary/aromatic N) is 1. The zero-order valence-electron chi connectivity index (χ0n) is 14.6. The molecule has 1 aliphatic rings. The predicted molar refractivity (Wildman–Crippen MR) is 98.5 cm³/mol. The molecule has 0 N–H and O–H groups in total. The molecule has 0 aliphatic carbocycles. The highest BCUT2D eigenvalue weighted by Crippen LogP contribution is 2.29. The van der Waals surface area contributed by atoms with E-state index >= 15 is 0 Å². The van der Waals surface area contributed by atoms with Crippen molar-refractivity contribution in [2.45, 2.75) is 25.5 Å². The number of carbonyl (C=O) groups is 2. The Bertz CT molecular complexity index is 858. The van der Waals surface area contributed by atoms with Gasteiger partial charge in [0.15, 0.2) is 11.6 Å². The minimum atomic E-state index is -1.35. The fourth-order valence-electron chi connectivity index (χ4n) is 2.64. The molecule has 2 aromatic rings. The minimum absolute atomic E-state index is 0.225. The summed E-state index contributed by atoms with van der Waals surface area (Å²) in [6, 6.07) is 18.7. The van der Waals surface area contributed by atoms with Gasteiger partial charge in [-0.2, -0.15) is 0 Å². The van der Waals surface area contributed by atoms with Gasteiger partial charge in [-0.1, -0.05) is 54.6 Å². The third-order valence-electron chi connectivity index (χ3n) is 4.07. The number of hydrogen-bond donors (Lipinski definition) is 0. The van der Waals surface area contributed by atoms with Crippen LogP contribution >= 0.6 is 0 Å². The predicted octanol–water partition coefficient (Wildman–Crippen LogP) is 3.39. The van der Waals surface area contributed by atoms with Gasteiger partial charge in [-0.3, -0.25) is 4.79 Å². The quantitative estimate of drug-likeness (QED) is 0.776. The molecular formula is C21H19NO4. The van der Waals surface area contributed by atoms with Crippen LogP contribution in [0.4, 0.5) is 0 Å². The van der Waals surface area contributed by atoms with E-state index in [1.165, 1.54) is 6.92 Å². The molecule has 26 heavy (non-hydrogen) atoms. The first-order valence-electron chi connectivity index (χ1n) is 8.27. The zero-order valence-corrected chi connectivity index (χ0v) is 14.6. The van der Waals surface area contributed by atoms with Crippen molar-refractivity contribution in [1.29, 1.82) is 0 Å². The van der Waals surface area contributed by atoms with E-state index in [4.69, 9.17) is 9.47 Å². The molecule has 132 valence electrons. The van der Waals surface area contributed by atoms with Gasteiger partial charge in [-0.25, -0.2) is 9.79 Å². The Hall–Kier alpha value is -3.21. The van der Waals surface area contributed by atoms with Gasteiger partial charge in [0.2, 0.25) is 5.90 Å². The van der Waals surface area contributed by atoms with Crippen molar-refractivity contribution >= 4 is 23.9 Å². The molecule has 5 heteroatoms. The van der Waals surface area contributed by atoms with E-state index in [2.05, 4.69) is 4.99 Å². The summed E-state index contributed by atoms with van der Waals surface area (Å²) in [5.41, 5.74) is 0.271. The van der Waals surface area contributed by atoms with Crippen LogP contribution < -0.4 is 0 Å². The van der Waals surface area contributed by atoms with Crippen molar-refractivity contribution in [1.82, 2.24) is 0 Å². The van der Waals surface area contributed by atoms with Crippen molar-refractivity contribution in [2.24, 2.45) is 4.99 Å². The highest BCUT2D eigenvalue weighted by Gasteiger charge is 2.49. The van der Waals surface area contributed by atoms with Gasteiger partial charge in [-0.15, -0.1) is 0 Å². The topological polar surface area (TPSA) is 65.0 Å². The third-order valence-corrected chi connectivity index (χ3v) is 4.07. The van der Waals surface area contributed by atoms with Crippen molar-refractivity contribution in [3.63, 3.8) is 0 Å². The number of esters is 2. The van der Waals surface area contributed by atoms with Crippen LogP contribution in [-0.4, -0.2) is 29.5 Å². The number of benzene rings is 2. The van der Waals surface area contributed by atoms with Crippen molar-refractivity contribution in [3.05, 3.63) is 77.9 Å². The van der Waals surface area contributed by atoms with Crippen LogP contribution in [0, 0.1) is 0 Å². The molecule has 1 heterocycles. The molecule has 0 fully saturated rings. The number of ether oxygens (including phenoxy) is 2. The van der Waals surface area contributed by atoms with E-state index in [9.17, 15) is 9.59 Å². The Labute approximate surface area is 152 Å². The van der Waals surface area contributed by atoms with Crippen molar-refractivity contribution in [2.75, 3.05) is 0 Å². The second-order valence-corrected chi connectivity index (χ2v) is 6.12. The molecule has 0 radical (unpaired) electrons. The normalized spacial score (nSPS) is 20.5.